The Kier molecular flexibility index (Phi) is 4.88. The SMILES string of the molecule is CC(CC1CCCN1)NCCCn1cnc2ccccc21. The molecule has 1 aromatic heterocycles. The zero-order valence-electron chi connectivity index (χ0n) is 12.9. The van der Waals surface area contributed by atoms with E-state index in [4.69, 9.17) is 0 Å². The molecule has 0 bridgehead atoms. The number of hydrogen-bond acceptors (Lipinski definition) is 3. The second kappa shape index (κ2) is 7.05. The molecule has 0 radical (unpaired) electrons. The monoisotopic (exact) mass is 286 g/mol. The van der Waals surface area contributed by atoms with Crippen molar-refractivity contribution in [1.82, 2.24) is 20.2 Å². The van der Waals surface area contributed by atoms with Crippen LogP contribution in [-0.4, -0.2) is 34.7 Å². The molecular weight excluding hydrogens is 260 g/mol. The van der Waals surface area contributed by atoms with Crippen molar-refractivity contribution in [2.75, 3.05) is 13.1 Å². The molecule has 0 aliphatic carbocycles. The number of nitrogens with zero attached hydrogens (tertiary/aromatic N) is 2. The van der Waals surface area contributed by atoms with Gasteiger partial charge >= 0.3 is 0 Å². The van der Waals surface area contributed by atoms with E-state index >= 15 is 0 Å². The van der Waals surface area contributed by atoms with Crippen LogP contribution >= 0.6 is 0 Å². The number of fused-ring (bicyclic) bond motifs is 1. The fraction of sp³-hybridized carbons (Fsp3) is 0.588. The minimum atomic E-state index is 0.597. The van der Waals surface area contributed by atoms with Gasteiger partial charge in [0.1, 0.15) is 0 Å². The summed E-state index contributed by atoms with van der Waals surface area (Å²) in [4.78, 5) is 4.44. The van der Waals surface area contributed by atoms with E-state index in [1.807, 2.05) is 12.4 Å². The van der Waals surface area contributed by atoms with Crippen molar-refractivity contribution in [3.8, 4) is 0 Å². The molecule has 4 heteroatoms. The molecular formula is C17H26N4. The van der Waals surface area contributed by atoms with E-state index in [0.29, 0.717) is 6.04 Å². The predicted octanol–water partition coefficient (Wildman–Crippen LogP) is 2.55. The van der Waals surface area contributed by atoms with Crippen molar-refractivity contribution in [3.63, 3.8) is 0 Å². The van der Waals surface area contributed by atoms with Gasteiger partial charge in [-0.1, -0.05) is 12.1 Å². The van der Waals surface area contributed by atoms with Gasteiger partial charge in [0.05, 0.1) is 17.4 Å². The van der Waals surface area contributed by atoms with Crippen LogP contribution in [-0.2, 0) is 6.54 Å². The van der Waals surface area contributed by atoms with Crippen LogP contribution in [0.1, 0.15) is 32.6 Å². The molecule has 0 amide bonds. The highest BCUT2D eigenvalue weighted by Gasteiger charge is 2.16. The number of aryl methyl sites for hydroxylation is 1. The Morgan fingerprint density at radius 2 is 2.33 bits per heavy atom. The Balaban J connectivity index is 1.39. The Morgan fingerprint density at radius 1 is 1.43 bits per heavy atom. The van der Waals surface area contributed by atoms with Gasteiger partial charge in [-0.2, -0.15) is 0 Å². The second-order valence-electron chi connectivity index (χ2n) is 6.16. The topological polar surface area (TPSA) is 41.9 Å². The quantitative estimate of drug-likeness (QED) is 0.769. The van der Waals surface area contributed by atoms with Gasteiger partial charge in [0.25, 0.3) is 0 Å². The molecule has 114 valence electrons. The van der Waals surface area contributed by atoms with Gasteiger partial charge in [0.15, 0.2) is 0 Å². The van der Waals surface area contributed by atoms with Crippen LogP contribution in [0.25, 0.3) is 11.0 Å². The molecule has 1 aromatic carbocycles. The smallest absolute Gasteiger partial charge is 0.0958 e. The zero-order chi connectivity index (χ0) is 14.5. The molecule has 1 fully saturated rings. The van der Waals surface area contributed by atoms with E-state index in [9.17, 15) is 0 Å². The third-order valence-corrected chi connectivity index (χ3v) is 4.40. The first-order chi connectivity index (χ1) is 10.3. The minimum Gasteiger partial charge on any atom is -0.331 e. The lowest BCUT2D eigenvalue weighted by atomic mass is 10.1. The van der Waals surface area contributed by atoms with Crippen molar-refractivity contribution in [2.45, 2.75) is 51.2 Å². The molecule has 2 aromatic rings. The van der Waals surface area contributed by atoms with Crippen molar-refractivity contribution in [3.05, 3.63) is 30.6 Å². The van der Waals surface area contributed by atoms with Crippen LogP contribution < -0.4 is 10.6 Å². The molecule has 1 aliphatic heterocycles. The molecule has 2 N–H and O–H groups in total. The number of benzene rings is 1. The average Bonchev–Trinajstić information content (AvgIpc) is 3.13. The molecule has 2 heterocycles. The van der Waals surface area contributed by atoms with Gasteiger partial charge in [-0.25, -0.2) is 4.98 Å². The van der Waals surface area contributed by atoms with Crippen molar-refractivity contribution in [1.29, 1.82) is 0 Å². The van der Waals surface area contributed by atoms with Gasteiger partial charge in [-0.05, 0) is 57.8 Å². The summed E-state index contributed by atoms with van der Waals surface area (Å²) < 4.78 is 2.25. The van der Waals surface area contributed by atoms with E-state index in [1.165, 1.54) is 31.3 Å². The maximum absolute atomic E-state index is 4.44. The van der Waals surface area contributed by atoms with Crippen LogP contribution in [0.5, 0.6) is 0 Å². The van der Waals surface area contributed by atoms with Gasteiger partial charge in [-0.15, -0.1) is 0 Å². The molecule has 2 unspecified atom stereocenters. The first-order valence-corrected chi connectivity index (χ1v) is 8.19. The van der Waals surface area contributed by atoms with E-state index in [2.05, 4.69) is 45.3 Å². The van der Waals surface area contributed by atoms with Crippen LogP contribution in [0.3, 0.4) is 0 Å². The van der Waals surface area contributed by atoms with Crippen LogP contribution in [0.4, 0.5) is 0 Å². The van der Waals surface area contributed by atoms with Gasteiger partial charge in [0.2, 0.25) is 0 Å². The second-order valence-corrected chi connectivity index (χ2v) is 6.16. The normalized spacial score (nSPS) is 20.1. The van der Waals surface area contributed by atoms with Gasteiger partial charge in [0, 0.05) is 18.6 Å². The maximum atomic E-state index is 4.44. The Labute approximate surface area is 126 Å². The minimum absolute atomic E-state index is 0.597. The van der Waals surface area contributed by atoms with Crippen LogP contribution in [0, 0.1) is 0 Å². The lowest BCUT2D eigenvalue weighted by Gasteiger charge is -2.18. The number of rotatable bonds is 7. The van der Waals surface area contributed by atoms with E-state index in [1.54, 1.807) is 0 Å². The summed E-state index contributed by atoms with van der Waals surface area (Å²) in [6, 6.07) is 9.66. The molecule has 1 saturated heterocycles. The zero-order valence-corrected chi connectivity index (χ0v) is 12.9. The molecule has 2 atom stereocenters. The highest BCUT2D eigenvalue weighted by Crippen LogP contribution is 2.12. The van der Waals surface area contributed by atoms with E-state index in [0.717, 1.165) is 31.1 Å². The first-order valence-electron chi connectivity index (χ1n) is 8.19. The Morgan fingerprint density at radius 3 is 3.19 bits per heavy atom. The highest BCUT2D eigenvalue weighted by molar-refractivity contribution is 5.74. The standard InChI is InChI=1S/C17H26N4/c1-14(12-15-6-4-9-19-15)18-10-5-11-21-13-20-16-7-2-3-8-17(16)21/h2-3,7-8,13-15,18-19H,4-6,9-12H2,1H3. The Hall–Kier alpha value is -1.39. The summed E-state index contributed by atoms with van der Waals surface area (Å²) in [6.45, 7) is 5.60. The van der Waals surface area contributed by atoms with E-state index in [-0.39, 0.29) is 0 Å². The Bertz CT molecular complexity index is 557. The molecule has 1 aliphatic rings. The average molecular weight is 286 g/mol. The fourth-order valence-electron chi connectivity index (χ4n) is 3.25. The van der Waals surface area contributed by atoms with Crippen LogP contribution in [0.15, 0.2) is 30.6 Å². The van der Waals surface area contributed by atoms with Crippen molar-refractivity contribution >= 4 is 11.0 Å². The van der Waals surface area contributed by atoms with Crippen molar-refractivity contribution in [2.24, 2.45) is 0 Å². The van der Waals surface area contributed by atoms with Crippen LogP contribution in [0.2, 0.25) is 0 Å². The molecule has 3 rings (SSSR count). The molecule has 4 nitrogen and oxygen atoms in total. The lowest BCUT2D eigenvalue weighted by molar-refractivity contribution is 0.432. The summed E-state index contributed by atoms with van der Waals surface area (Å²) >= 11 is 0. The molecule has 21 heavy (non-hydrogen) atoms. The lowest BCUT2D eigenvalue weighted by Crippen LogP contribution is -2.34. The third kappa shape index (κ3) is 3.83. The summed E-state index contributed by atoms with van der Waals surface area (Å²) in [5.74, 6) is 0. The number of hydrogen-bond donors (Lipinski definition) is 2. The fourth-order valence-corrected chi connectivity index (χ4v) is 3.25. The summed E-state index contributed by atoms with van der Waals surface area (Å²) in [5, 5.41) is 7.21. The number of imidazole rings is 1. The molecule has 0 spiro atoms. The number of aromatic nitrogens is 2. The summed E-state index contributed by atoms with van der Waals surface area (Å²) in [5.41, 5.74) is 2.33. The van der Waals surface area contributed by atoms with E-state index < -0.39 is 0 Å². The van der Waals surface area contributed by atoms with Gasteiger partial charge in [-0.3, -0.25) is 0 Å². The highest BCUT2D eigenvalue weighted by atomic mass is 15.0. The molecule has 0 saturated carbocycles. The maximum Gasteiger partial charge on any atom is 0.0958 e. The van der Waals surface area contributed by atoms with Gasteiger partial charge < -0.3 is 15.2 Å². The summed E-state index contributed by atoms with van der Waals surface area (Å²) in [7, 11) is 0. The third-order valence-electron chi connectivity index (χ3n) is 4.40. The predicted molar refractivity (Wildman–Crippen MR) is 87.5 cm³/mol. The summed E-state index contributed by atoms with van der Waals surface area (Å²) in [6.07, 6.45) is 7.02. The number of para-hydroxylation sites is 2. The first kappa shape index (κ1) is 14.5. The van der Waals surface area contributed by atoms with Crippen molar-refractivity contribution < 1.29 is 0 Å². The number of nitrogens with one attached hydrogen (secondary N) is 2. The largest absolute Gasteiger partial charge is 0.331 e.